The second-order valence-corrected chi connectivity index (χ2v) is 6.88. The SMILES string of the molecule is COc1ccc(N(C(=O)c2ccc(OCC(F)(F)F)cc2)C(C)C2CC2)cc1. The topological polar surface area (TPSA) is 38.8 Å². The number of carbonyl (C=O) groups is 1. The molecule has 1 atom stereocenters. The molecule has 150 valence electrons. The molecule has 1 aliphatic rings. The van der Waals surface area contributed by atoms with Gasteiger partial charge in [-0.15, -0.1) is 0 Å². The van der Waals surface area contributed by atoms with Gasteiger partial charge in [-0.2, -0.15) is 13.2 Å². The number of carbonyl (C=O) groups excluding carboxylic acids is 1. The van der Waals surface area contributed by atoms with E-state index >= 15 is 0 Å². The molecule has 0 spiro atoms. The van der Waals surface area contributed by atoms with Crippen molar-refractivity contribution in [2.75, 3.05) is 18.6 Å². The molecule has 28 heavy (non-hydrogen) atoms. The minimum atomic E-state index is -4.40. The molecule has 1 aliphatic carbocycles. The van der Waals surface area contributed by atoms with E-state index in [0.29, 0.717) is 17.2 Å². The van der Waals surface area contributed by atoms with Gasteiger partial charge in [0, 0.05) is 17.3 Å². The van der Waals surface area contributed by atoms with E-state index in [0.717, 1.165) is 18.5 Å². The standard InChI is InChI=1S/C21H22F3NO3/c1-14(15-3-4-15)25(17-7-11-18(27-2)12-8-17)20(26)16-5-9-19(10-6-16)28-13-21(22,23)24/h5-12,14-15H,3-4,13H2,1-2H3. The summed E-state index contributed by atoms with van der Waals surface area (Å²) in [6.45, 7) is 0.650. The lowest BCUT2D eigenvalue weighted by Gasteiger charge is -2.30. The largest absolute Gasteiger partial charge is 0.497 e. The molecule has 0 heterocycles. The van der Waals surface area contributed by atoms with Crippen LogP contribution in [-0.2, 0) is 0 Å². The van der Waals surface area contributed by atoms with E-state index in [1.165, 1.54) is 24.3 Å². The third-order valence-corrected chi connectivity index (χ3v) is 4.78. The normalized spacial score (nSPS) is 15.0. The number of methoxy groups -OCH3 is 1. The number of halogens is 3. The molecule has 1 saturated carbocycles. The Morgan fingerprint density at radius 3 is 2.14 bits per heavy atom. The van der Waals surface area contributed by atoms with E-state index in [4.69, 9.17) is 9.47 Å². The van der Waals surface area contributed by atoms with E-state index in [1.54, 1.807) is 24.1 Å². The number of alkyl halides is 3. The number of rotatable bonds is 7. The fourth-order valence-electron chi connectivity index (χ4n) is 3.07. The summed E-state index contributed by atoms with van der Waals surface area (Å²) in [7, 11) is 1.58. The number of amides is 1. The summed E-state index contributed by atoms with van der Waals surface area (Å²) in [4.78, 5) is 14.9. The first-order valence-electron chi connectivity index (χ1n) is 9.06. The molecular formula is C21H22F3NO3. The molecule has 0 N–H and O–H groups in total. The number of hydrogen-bond acceptors (Lipinski definition) is 3. The summed E-state index contributed by atoms with van der Waals surface area (Å²) in [5.74, 6) is 1.01. The molecule has 0 bridgehead atoms. The maximum atomic E-state index is 13.2. The van der Waals surface area contributed by atoms with Gasteiger partial charge in [0.05, 0.1) is 7.11 Å². The monoisotopic (exact) mass is 393 g/mol. The highest BCUT2D eigenvalue weighted by atomic mass is 19.4. The van der Waals surface area contributed by atoms with Crippen molar-refractivity contribution < 1.29 is 27.4 Å². The van der Waals surface area contributed by atoms with Crippen LogP contribution in [0.1, 0.15) is 30.1 Å². The molecule has 0 aliphatic heterocycles. The van der Waals surface area contributed by atoms with Crippen LogP contribution in [0.4, 0.5) is 18.9 Å². The van der Waals surface area contributed by atoms with Gasteiger partial charge in [0.1, 0.15) is 11.5 Å². The lowest BCUT2D eigenvalue weighted by atomic mass is 10.1. The molecular weight excluding hydrogens is 371 g/mol. The molecule has 0 aromatic heterocycles. The van der Waals surface area contributed by atoms with Crippen molar-refractivity contribution in [3.63, 3.8) is 0 Å². The Balaban J connectivity index is 1.80. The average Bonchev–Trinajstić information content (AvgIpc) is 3.52. The van der Waals surface area contributed by atoms with Gasteiger partial charge in [-0.05, 0) is 74.2 Å². The Morgan fingerprint density at radius 1 is 1.07 bits per heavy atom. The summed E-state index contributed by atoms with van der Waals surface area (Å²) < 4.78 is 46.7. The van der Waals surface area contributed by atoms with E-state index in [-0.39, 0.29) is 17.7 Å². The first-order valence-corrected chi connectivity index (χ1v) is 9.06. The lowest BCUT2D eigenvalue weighted by Crippen LogP contribution is -2.40. The Bertz CT molecular complexity index is 799. The van der Waals surface area contributed by atoms with Gasteiger partial charge in [-0.25, -0.2) is 0 Å². The van der Waals surface area contributed by atoms with Gasteiger partial charge in [0.15, 0.2) is 6.61 Å². The maximum absolute atomic E-state index is 13.2. The predicted molar refractivity (Wildman–Crippen MR) is 100.0 cm³/mol. The first-order chi connectivity index (χ1) is 13.3. The summed E-state index contributed by atoms with van der Waals surface area (Å²) in [5.41, 5.74) is 1.14. The Hall–Kier alpha value is -2.70. The second kappa shape index (κ2) is 8.12. The van der Waals surface area contributed by atoms with Crippen LogP contribution < -0.4 is 14.4 Å². The van der Waals surface area contributed by atoms with Gasteiger partial charge in [0.2, 0.25) is 0 Å². The molecule has 2 aromatic rings. The van der Waals surface area contributed by atoms with Gasteiger partial charge < -0.3 is 14.4 Å². The molecule has 4 nitrogen and oxygen atoms in total. The molecule has 2 aromatic carbocycles. The van der Waals surface area contributed by atoms with E-state index in [1.807, 2.05) is 19.1 Å². The quantitative estimate of drug-likeness (QED) is 0.658. The second-order valence-electron chi connectivity index (χ2n) is 6.88. The van der Waals surface area contributed by atoms with Crippen LogP contribution in [0.2, 0.25) is 0 Å². The fourth-order valence-corrected chi connectivity index (χ4v) is 3.07. The number of nitrogens with zero attached hydrogens (tertiary/aromatic N) is 1. The van der Waals surface area contributed by atoms with Crippen LogP contribution in [0.15, 0.2) is 48.5 Å². The Kier molecular flexibility index (Phi) is 5.82. The van der Waals surface area contributed by atoms with Crippen molar-refractivity contribution in [1.82, 2.24) is 0 Å². The Morgan fingerprint density at radius 2 is 1.64 bits per heavy atom. The molecule has 7 heteroatoms. The minimum absolute atomic E-state index is 0.0158. The molecule has 0 saturated heterocycles. The molecule has 0 radical (unpaired) electrons. The molecule has 1 amide bonds. The van der Waals surface area contributed by atoms with E-state index in [2.05, 4.69) is 0 Å². The van der Waals surface area contributed by atoms with Crippen molar-refractivity contribution in [2.24, 2.45) is 5.92 Å². The molecule has 1 fully saturated rings. The zero-order valence-corrected chi connectivity index (χ0v) is 15.7. The zero-order valence-electron chi connectivity index (χ0n) is 15.7. The smallest absolute Gasteiger partial charge is 0.422 e. The summed E-state index contributed by atoms with van der Waals surface area (Å²) >= 11 is 0. The number of hydrogen-bond donors (Lipinski definition) is 0. The zero-order chi connectivity index (χ0) is 20.3. The van der Waals surface area contributed by atoms with Crippen molar-refractivity contribution in [3.8, 4) is 11.5 Å². The van der Waals surface area contributed by atoms with Gasteiger partial charge >= 0.3 is 6.18 Å². The van der Waals surface area contributed by atoms with Crippen LogP contribution >= 0.6 is 0 Å². The summed E-state index contributed by atoms with van der Waals surface area (Å²) in [5, 5.41) is 0. The number of anilines is 1. The average molecular weight is 393 g/mol. The molecule has 3 rings (SSSR count). The van der Waals surface area contributed by atoms with E-state index in [9.17, 15) is 18.0 Å². The van der Waals surface area contributed by atoms with Crippen LogP contribution in [0.5, 0.6) is 11.5 Å². The highest BCUT2D eigenvalue weighted by Crippen LogP contribution is 2.38. The highest BCUT2D eigenvalue weighted by molar-refractivity contribution is 6.06. The van der Waals surface area contributed by atoms with Gasteiger partial charge in [-0.3, -0.25) is 4.79 Å². The van der Waals surface area contributed by atoms with Gasteiger partial charge in [0.25, 0.3) is 5.91 Å². The number of ether oxygens (including phenoxy) is 2. The lowest BCUT2D eigenvalue weighted by molar-refractivity contribution is -0.153. The first kappa shape index (κ1) is 20.0. The number of benzene rings is 2. The minimum Gasteiger partial charge on any atom is -0.497 e. The summed E-state index contributed by atoms with van der Waals surface area (Å²) in [6, 6.07) is 13.0. The Labute approximate surface area is 161 Å². The third kappa shape index (κ3) is 4.97. The predicted octanol–water partition coefficient (Wildman–Crippen LogP) is 5.08. The van der Waals surface area contributed by atoms with E-state index < -0.39 is 12.8 Å². The van der Waals surface area contributed by atoms with Crippen molar-refractivity contribution >= 4 is 11.6 Å². The van der Waals surface area contributed by atoms with Crippen LogP contribution in [0.25, 0.3) is 0 Å². The third-order valence-electron chi connectivity index (χ3n) is 4.78. The van der Waals surface area contributed by atoms with Crippen molar-refractivity contribution in [2.45, 2.75) is 32.0 Å². The maximum Gasteiger partial charge on any atom is 0.422 e. The van der Waals surface area contributed by atoms with Crippen LogP contribution in [0.3, 0.4) is 0 Å². The fraction of sp³-hybridized carbons (Fsp3) is 0.381. The van der Waals surface area contributed by atoms with Crippen LogP contribution in [0, 0.1) is 5.92 Å². The van der Waals surface area contributed by atoms with Crippen molar-refractivity contribution in [1.29, 1.82) is 0 Å². The highest BCUT2D eigenvalue weighted by Gasteiger charge is 2.35. The van der Waals surface area contributed by atoms with Crippen molar-refractivity contribution in [3.05, 3.63) is 54.1 Å². The van der Waals surface area contributed by atoms with Gasteiger partial charge in [-0.1, -0.05) is 0 Å². The summed E-state index contributed by atoms with van der Waals surface area (Å²) in [6.07, 6.45) is -2.25. The van der Waals surface area contributed by atoms with Crippen LogP contribution in [-0.4, -0.2) is 31.8 Å². The molecule has 1 unspecified atom stereocenters.